The normalized spacial score (nSPS) is 19.6. The van der Waals surface area contributed by atoms with E-state index in [2.05, 4.69) is 9.98 Å². The van der Waals surface area contributed by atoms with Crippen LogP contribution in [-0.2, 0) is 16.1 Å². The van der Waals surface area contributed by atoms with Crippen molar-refractivity contribution in [2.75, 3.05) is 19.7 Å². The van der Waals surface area contributed by atoms with Crippen molar-refractivity contribution < 1.29 is 18.7 Å². The van der Waals surface area contributed by atoms with Crippen LogP contribution in [-0.4, -0.2) is 47.2 Å². The van der Waals surface area contributed by atoms with E-state index in [9.17, 15) is 14.0 Å². The monoisotopic (exact) mass is 412 g/mol. The Morgan fingerprint density at radius 3 is 2.67 bits per heavy atom. The predicted molar refractivity (Wildman–Crippen MR) is 111 cm³/mol. The van der Waals surface area contributed by atoms with Crippen LogP contribution in [0.3, 0.4) is 0 Å². The molecule has 0 radical (unpaired) electrons. The third-order valence-electron chi connectivity index (χ3n) is 4.90. The van der Waals surface area contributed by atoms with Crippen LogP contribution in [0.4, 0.5) is 4.39 Å². The molecular weight excluding hydrogens is 387 g/mol. The lowest BCUT2D eigenvalue weighted by atomic mass is 9.90. The quantitative estimate of drug-likeness (QED) is 0.582. The van der Waals surface area contributed by atoms with Gasteiger partial charge in [-0.05, 0) is 36.8 Å². The number of benzene rings is 1. The van der Waals surface area contributed by atoms with Crippen LogP contribution in [0.2, 0.25) is 0 Å². The molecular formula is C22H25FN4O3. The first-order valence-electron chi connectivity index (χ1n) is 9.78. The molecule has 0 saturated carbocycles. The van der Waals surface area contributed by atoms with Crippen molar-refractivity contribution in [3.05, 3.63) is 70.9 Å². The molecule has 7 nitrogen and oxygen atoms in total. The largest absolute Gasteiger partial charge is 0.461 e. The second kappa shape index (κ2) is 9.39. The van der Waals surface area contributed by atoms with E-state index >= 15 is 0 Å². The zero-order valence-electron chi connectivity index (χ0n) is 17.0. The lowest BCUT2D eigenvalue weighted by Crippen LogP contribution is -2.46. The maximum absolute atomic E-state index is 13.2. The van der Waals surface area contributed by atoms with Crippen molar-refractivity contribution in [2.24, 2.45) is 16.6 Å². The van der Waals surface area contributed by atoms with Gasteiger partial charge in [0.05, 0.1) is 19.7 Å². The highest BCUT2D eigenvalue weighted by Crippen LogP contribution is 2.23. The molecule has 1 aromatic heterocycles. The number of rotatable bonds is 5. The Labute approximate surface area is 174 Å². The summed E-state index contributed by atoms with van der Waals surface area (Å²) < 4.78 is 18.2. The summed E-state index contributed by atoms with van der Waals surface area (Å²) >= 11 is 0. The molecule has 1 saturated heterocycles. The number of carbonyl (C=O) groups is 2. The van der Waals surface area contributed by atoms with Gasteiger partial charge >= 0.3 is 5.97 Å². The predicted octanol–water partition coefficient (Wildman–Crippen LogP) is 2.66. The minimum Gasteiger partial charge on any atom is -0.461 e. The summed E-state index contributed by atoms with van der Waals surface area (Å²) in [7, 11) is 0. The number of amides is 1. The van der Waals surface area contributed by atoms with E-state index in [1.54, 1.807) is 42.3 Å². The van der Waals surface area contributed by atoms with Crippen LogP contribution in [0.1, 0.15) is 29.9 Å². The van der Waals surface area contributed by atoms with Crippen molar-refractivity contribution in [1.82, 2.24) is 9.88 Å². The Bertz CT molecular complexity index is 965. The zero-order valence-corrected chi connectivity index (χ0v) is 17.0. The second-order valence-corrected chi connectivity index (χ2v) is 7.11. The van der Waals surface area contributed by atoms with E-state index < -0.39 is 5.97 Å². The van der Waals surface area contributed by atoms with E-state index in [0.29, 0.717) is 30.1 Å². The number of nitrogens with zero attached hydrogens (tertiary/aromatic N) is 2. The van der Waals surface area contributed by atoms with Crippen LogP contribution in [0.25, 0.3) is 0 Å². The summed E-state index contributed by atoms with van der Waals surface area (Å²) in [6.07, 6.45) is 1.68. The fraction of sp³-hybridized carbons (Fsp3) is 0.318. The summed E-state index contributed by atoms with van der Waals surface area (Å²) in [5.74, 6) is -1.29. The van der Waals surface area contributed by atoms with Crippen molar-refractivity contribution >= 4 is 17.6 Å². The van der Waals surface area contributed by atoms with Gasteiger partial charge in [0.2, 0.25) is 0 Å². The van der Waals surface area contributed by atoms with Gasteiger partial charge in [-0.2, -0.15) is 0 Å². The molecule has 1 aromatic carbocycles. The van der Waals surface area contributed by atoms with Gasteiger partial charge < -0.3 is 20.4 Å². The standard InChI is InChI=1S/C22H25FN4O3/c1-3-30-22(29)19(24)17-13-27(21(28)18-5-4-10-25-18)12-14(2)20(17)26-11-15-6-8-16(23)9-7-15/h4-10,14,25H,3,11-13,24H2,1-2H3. The molecule has 2 aromatic rings. The molecule has 8 heteroatoms. The third kappa shape index (κ3) is 4.76. The van der Waals surface area contributed by atoms with Crippen LogP contribution in [0.15, 0.2) is 58.9 Å². The number of esters is 1. The Balaban J connectivity index is 1.92. The summed E-state index contributed by atoms with van der Waals surface area (Å²) in [6.45, 7) is 4.70. The Kier molecular flexibility index (Phi) is 6.66. The molecule has 0 aliphatic carbocycles. The van der Waals surface area contributed by atoms with E-state index in [4.69, 9.17) is 10.5 Å². The summed E-state index contributed by atoms with van der Waals surface area (Å²) in [5, 5.41) is 0. The van der Waals surface area contributed by atoms with Crippen LogP contribution in [0.5, 0.6) is 0 Å². The Morgan fingerprint density at radius 2 is 2.03 bits per heavy atom. The number of carbonyl (C=O) groups excluding carboxylic acids is 2. The Morgan fingerprint density at radius 1 is 1.30 bits per heavy atom. The molecule has 0 spiro atoms. The molecule has 158 valence electrons. The van der Waals surface area contributed by atoms with E-state index in [-0.39, 0.29) is 36.5 Å². The molecule has 0 bridgehead atoms. The van der Waals surface area contributed by atoms with Gasteiger partial charge in [0.1, 0.15) is 17.2 Å². The summed E-state index contributed by atoms with van der Waals surface area (Å²) in [6, 6.07) is 9.52. The summed E-state index contributed by atoms with van der Waals surface area (Å²) in [5.41, 5.74) is 8.50. The maximum atomic E-state index is 13.2. The van der Waals surface area contributed by atoms with E-state index in [0.717, 1.165) is 5.56 Å². The number of likely N-dealkylation sites (tertiary alicyclic amines) is 1. The van der Waals surface area contributed by atoms with Gasteiger partial charge in [-0.25, -0.2) is 9.18 Å². The van der Waals surface area contributed by atoms with E-state index in [1.165, 1.54) is 12.1 Å². The molecule has 1 unspecified atom stereocenters. The number of nitrogens with one attached hydrogen (secondary N) is 1. The van der Waals surface area contributed by atoms with Gasteiger partial charge in [-0.1, -0.05) is 19.1 Å². The highest BCUT2D eigenvalue weighted by Gasteiger charge is 2.33. The van der Waals surface area contributed by atoms with Crippen LogP contribution >= 0.6 is 0 Å². The third-order valence-corrected chi connectivity index (χ3v) is 4.90. The van der Waals surface area contributed by atoms with Crippen molar-refractivity contribution in [3.63, 3.8) is 0 Å². The number of ether oxygens (including phenoxy) is 1. The molecule has 3 N–H and O–H groups in total. The SMILES string of the molecule is CCOC(=O)C(N)=C1CN(C(=O)c2ccc[nH]2)CC(C)C1=NCc1ccc(F)cc1. The molecule has 1 aliphatic heterocycles. The van der Waals surface area contributed by atoms with Crippen molar-refractivity contribution in [3.8, 4) is 0 Å². The first-order valence-corrected chi connectivity index (χ1v) is 9.78. The molecule has 1 amide bonds. The molecule has 30 heavy (non-hydrogen) atoms. The number of aromatic amines is 1. The average Bonchev–Trinajstić information content (AvgIpc) is 3.27. The maximum Gasteiger partial charge on any atom is 0.354 e. The van der Waals surface area contributed by atoms with Gasteiger partial charge in [0.25, 0.3) is 5.91 Å². The Hall–Kier alpha value is -3.42. The fourth-order valence-corrected chi connectivity index (χ4v) is 3.41. The average molecular weight is 412 g/mol. The lowest BCUT2D eigenvalue weighted by Gasteiger charge is -2.34. The lowest BCUT2D eigenvalue weighted by molar-refractivity contribution is -0.138. The molecule has 3 rings (SSSR count). The van der Waals surface area contributed by atoms with Crippen molar-refractivity contribution in [1.29, 1.82) is 0 Å². The number of piperidine rings is 1. The number of hydrogen-bond donors (Lipinski definition) is 2. The number of aliphatic imine (C=N–C) groups is 1. The van der Waals surface area contributed by atoms with Crippen LogP contribution in [0, 0.1) is 11.7 Å². The highest BCUT2D eigenvalue weighted by molar-refractivity contribution is 6.09. The van der Waals surface area contributed by atoms with Gasteiger partial charge in [-0.3, -0.25) is 9.79 Å². The van der Waals surface area contributed by atoms with Gasteiger partial charge in [0, 0.05) is 29.9 Å². The molecule has 1 atom stereocenters. The first-order chi connectivity index (χ1) is 14.4. The summed E-state index contributed by atoms with van der Waals surface area (Å²) in [4.78, 5) is 34.3. The van der Waals surface area contributed by atoms with Gasteiger partial charge in [0.15, 0.2) is 0 Å². The fourth-order valence-electron chi connectivity index (χ4n) is 3.41. The van der Waals surface area contributed by atoms with E-state index in [1.807, 2.05) is 6.92 Å². The minimum absolute atomic E-state index is 0.0504. The molecule has 1 fully saturated rings. The van der Waals surface area contributed by atoms with Crippen molar-refractivity contribution in [2.45, 2.75) is 20.4 Å². The smallest absolute Gasteiger partial charge is 0.354 e. The number of H-pyrrole nitrogens is 1. The molecule has 1 aliphatic rings. The first kappa shape index (κ1) is 21.3. The second-order valence-electron chi connectivity index (χ2n) is 7.11. The number of hydrogen-bond acceptors (Lipinski definition) is 5. The number of nitrogens with two attached hydrogens (primary N) is 1. The van der Waals surface area contributed by atoms with Crippen LogP contribution < -0.4 is 5.73 Å². The molecule has 2 heterocycles. The minimum atomic E-state index is -0.636. The number of halogens is 1. The van der Waals surface area contributed by atoms with Gasteiger partial charge in [-0.15, -0.1) is 0 Å². The number of aromatic nitrogens is 1. The highest BCUT2D eigenvalue weighted by atomic mass is 19.1. The topological polar surface area (TPSA) is 101 Å². The zero-order chi connectivity index (χ0) is 21.7.